The first-order valence-corrected chi connectivity index (χ1v) is 6.21. The minimum atomic E-state index is -0.647. The summed E-state index contributed by atoms with van der Waals surface area (Å²) in [6.45, 7) is 0. The van der Waals surface area contributed by atoms with Crippen LogP contribution in [0.5, 0.6) is 5.75 Å². The molecule has 0 aliphatic heterocycles. The molecule has 1 N–H and O–H groups in total. The Hall–Kier alpha value is -3.00. The fourth-order valence-electron chi connectivity index (χ4n) is 1.62. The summed E-state index contributed by atoms with van der Waals surface area (Å²) in [5.41, 5.74) is -0.172. The third-order valence-corrected chi connectivity index (χ3v) is 3.02. The van der Waals surface area contributed by atoms with Gasteiger partial charge >= 0.3 is 0 Å². The maximum absolute atomic E-state index is 10.8. The van der Waals surface area contributed by atoms with E-state index >= 15 is 0 Å². The van der Waals surface area contributed by atoms with Gasteiger partial charge in [0.1, 0.15) is 10.8 Å². The third kappa shape index (κ3) is 3.36. The highest BCUT2D eigenvalue weighted by molar-refractivity contribution is 6.32. The van der Waals surface area contributed by atoms with E-state index in [1.165, 1.54) is 24.4 Å². The molecule has 0 fully saturated rings. The molecule has 8 nitrogen and oxygen atoms in total. The van der Waals surface area contributed by atoms with E-state index in [1.807, 2.05) is 0 Å². The van der Waals surface area contributed by atoms with Crippen LogP contribution in [0.4, 0.5) is 17.1 Å². The molecular weight excluding hydrogens is 314 g/mol. The smallest absolute Gasteiger partial charge is 0.290 e. The first-order chi connectivity index (χ1) is 10.4. The predicted molar refractivity (Wildman–Crippen MR) is 80.1 cm³/mol. The average molecular weight is 322 g/mol. The maximum atomic E-state index is 10.8. The lowest BCUT2D eigenvalue weighted by Gasteiger charge is -2.00. The summed E-state index contributed by atoms with van der Waals surface area (Å²) in [6, 6.07) is 7.39. The van der Waals surface area contributed by atoms with Crippen LogP contribution in [-0.2, 0) is 0 Å². The zero-order chi connectivity index (χ0) is 16.3. The van der Waals surface area contributed by atoms with Crippen molar-refractivity contribution in [2.75, 3.05) is 0 Å². The van der Waals surface area contributed by atoms with Crippen LogP contribution in [0.25, 0.3) is 0 Å². The summed E-state index contributed by atoms with van der Waals surface area (Å²) in [6.07, 6.45) is 1.18. The van der Waals surface area contributed by atoms with Crippen molar-refractivity contribution in [2.45, 2.75) is 0 Å². The topological polar surface area (TPSA) is 119 Å². The van der Waals surface area contributed by atoms with Crippen LogP contribution in [0, 0.1) is 20.2 Å². The Balaban J connectivity index is 2.36. The molecule has 0 aromatic heterocycles. The number of halogens is 1. The van der Waals surface area contributed by atoms with Crippen molar-refractivity contribution in [2.24, 2.45) is 4.99 Å². The molecule has 0 spiro atoms. The molecule has 0 radical (unpaired) electrons. The van der Waals surface area contributed by atoms with Gasteiger partial charge in [-0.05, 0) is 18.2 Å². The molecule has 0 saturated heterocycles. The van der Waals surface area contributed by atoms with Crippen LogP contribution in [0.3, 0.4) is 0 Å². The second-order valence-corrected chi connectivity index (χ2v) is 4.56. The summed E-state index contributed by atoms with van der Waals surface area (Å²) in [5.74, 6) is -0.196. The third-order valence-electron chi connectivity index (χ3n) is 2.70. The van der Waals surface area contributed by atoms with Gasteiger partial charge in [0.05, 0.1) is 15.5 Å². The molecule has 0 saturated carbocycles. The van der Waals surface area contributed by atoms with E-state index in [-0.39, 0.29) is 33.4 Å². The highest BCUT2D eigenvalue weighted by atomic mass is 35.5. The lowest BCUT2D eigenvalue weighted by atomic mass is 10.2. The van der Waals surface area contributed by atoms with Gasteiger partial charge in [-0.15, -0.1) is 0 Å². The molecular formula is C13H8ClN3O5. The van der Waals surface area contributed by atoms with Crippen molar-refractivity contribution < 1.29 is 15.0 Å². The maximum Gasteiger partial charge on any atom is 0.290 e. The van der Waals surface area contributed by atoms with Gasteiger partial charge in [-0.2, -0.15) is 0 Å². The van der Waals surface area contributed by atoms with E-state index < -0.39 is 9.85 Å². The summed E-state index contributed by atoms with van der Waals surface area (Å²) in [4.78, 5) is 24.2. The van der Waals surface area contributed by atoms with Gasteiger partial charge in [0.15, 0.2) is 0 Å². The number of aromatic hydroxyl groups is 1. The van der Waals surface area contributed by atoms with Gasteiger partial charge in [-0.1, -0.05) is 11.6 Å². The lowest BCUT2D eigenvalue weighted by molar-refractivity contribution is -0.385. The Labute approximate surface area is 128 Å². The quantitative estimate of drug-likeness (QED) is 0.524. The first-order valence-electron chi connectivity index (χ1n) is 5.84. The van der Waals surface area contributed by atoms with Crippen LogP contribution in [0.1, 0.15) is 5.56 Å². The molecule has 0 aliphatic carbocycles. The Morgan fingerprint density at radius 3 is 2.45 bits per heavy atom. The highest BCUT2D eigenvalue weighted by Crippen LogP contribution is 2.29. The number of aliphatic imine (C=N–C) groups is 1. The van der Waals surface area contributed by atoms with Crippen LogP contribution < -0.4 is 0 Å². The minimum absolute atomic E-state index is 0.0258. The molecule has 2 rings (SSSR count). The predicted octanol–water partition coefficient (Wildman–Crippen LogP) is 3.61. The number of hydrogen-bond acceptors (Lipinski definition) is 6. The van der Waals surface area contributed by atoms with Gasteiger partial charge in [-0.3, -0.25) is 25.2 Å². The van der Waals surface area contributed by atoms with Crippen molar-refractivity contribution in [3.8, 4) is 5.75 Å². The van der Waals surface area contributed by atoms with Crippen LogP contribution in [0.2, 0.25) is 5.02 Å². The number of non-ortho nitro benzene ring substituents is 1. The van der Waals surface area contributed by atoms with E-state index in [4.69, 9.17) is 11.6 Å². The fraction of sp³-hybridized carbons (Fsp3) is 0. The van der Waals surface area contributed by atoms with Crippen molar-refractivity contribution in [3.05, 3.63) is 67.2 Å². The molecule has 2 aromatic carbocycles. The number of nitrogens with zero attached hydrogens (tertiary/aromatic N) is 3. The molecule has 0 atom stereocenters. The van der Waals surface area contributed by atoms with E-state index in [0.29, 0.717) is 0 Å². The Kier molecular flexibility index (Phi) is 4.33. The number of hydrogen-bond donors (Lipinski definition) is 1. The molecule has 22 heavy (non-hydrogen) atoms. The first kappa shape index (κ1) is 15.4. The van der Waals surface area contributed by atoms with Gasteiger partial charge in [0.2, 0.25) is 0 Å². The fourth-order valence-corrected chi connectivity index (χ4v) is 1.81. The number of phenols is 1. The van der Waals surface area contributed by atoms with Crippen molar-refractivity contribution in [1.82, 2.24) is 0 Å². The van der Waals surface area contributed by atoms with E-state index in [0.717, 1.165) is 18.2 Å². The molecule has 0 aliphatic rings. The van der Waals surface area contributed by atoms with E-state index in [1.54, 1.807) is 0 Å². The number of nitro benzene ring substituents is 2. The van der Waals surface area contributed by atoms with Crippen molar-refractivity contribution in [3.63, 3.8) is 0 Å². The molecule has 2 aromatic rings. The monoisotopic (exact) mass is 321 g/mol. The number of rotatable bonds is 4. The summed E-state index contributed by atoms with van der Waals surface area (Å²) in [7, 11) is 0. The van der Waals surface area contributed by atoms with Gasteiger partial charge in [0.25, 0.3) is 11.4 Å². The van der Waals surface area contributed by atoms with Gasteiger partial charge in [-0.25, -0.2) is 0 Å². The lowest BCUT2D eigenvalue weighted by Crippen LogP contribution is -1.91. The van der Waals surface area contributed by atoms with E-state index in [9.17, 15) is 25.3 Å². The highest BCUT2D eigenvalue weighted by Gasteiger charge is 2.13. The summed E-state index contributed by atoms with van der Waals surface area (Å²) < 4.78 is 0. The molecule has 9 heteroatoms. The number of nitro groups is 2. The van der Waals surface area contributed by atoms with Gasteiger partial charge < -0.3 is 5.11 Å². The second kappa shape index (κ2) is 6.19. The Bertz CT molecular complexity index is 791. The number of benzene rings is 2. The number of phenolic OH excluding ortho intramolecular Hbond substituents is 1. The molecule has 0 heterocycles. The SMILES string of the molecule is O=[N+]([O-])c1ccc(O)c(C=Nc2ccc(Cl)c([N+](=O)[O-])c2)c1. The van der Waals surface area contributed by atoms with Gasteiger partial charge in [0, 0.05) is 30.0 Å². The normalized spacial score (nSPS) is 10.8. The minimum Gasteiger partial charge on any atom is -0.507 e. The van der Waals surface area contributed by atoms with Crippen molar-refractivity contribution >= 4 is 34.9 Å². The van der Waals surface area contributed by atoms with Crippen molar-refractivity contribution in [1.29, 1.82) is 0 Å². The Morgan fingerprint density at radius 2 is 1.82 bits per heavy atom. The second-order valence-electron chi connectivity index (χ2n) is 4.15. The molecule has 0 unspecified atom stereocenters. The zero-order valence-electron chi connectivity index (χ0n) is 10.8. The van der Waals surface area contributed by atoms with Crippen LogP contribution in [0.15, 0.2) is 41.4 Å². The standard InChI is InChI=1S/C13H8ClN3O5/c14-11-3-1-9(6-12(11)17(21)22)15-7-8-5-10(16(19)20)2-4-13(8)18/h1-7,18H. The molecule has 0 amide bonds. The average Bonchev–Trinajstić information content (AvgIpc) is 2.47. The van der Waals surface area contributed by atoms with Crippen LogP contribution in [-0.4, -0.2) is 21.2 Å². The summed E-state index contributed by atoms with van der Waals surface area (Å²) in [5, 5.41) is 31.1. The molecule has 0 bridgehead atoms. The molecule has 112 valence electrons. The largest absolute Gasteiger partial charge is 0.507 e. The summed E-state index contributed by atoms with van der Waals surface area (Å²) >= 11 is 5.68. The Morgan fingerprint density at radius 1 is 1.09 bits per heavy atom. The van der Waals surface area contributed by atoms with Crippen LogP contribution >= 0.6 is 11.6 Å². The van der Waals surface area contributed by atoms with E-state index in [2.05, 4.69) is 4.99 Å². The zero-order valence-corrected chi connectivity index (χ0v) is 11.6.